The van der Waals surface area contributed by atoms with E-state index in [-0.39, 0.29) is 5.91 Å². The molecule has 1 saturated heterocycles. The van der Waals surface area contributed by atoms with Crippen LogP contribution in [0.4, 0.5) is 0 Å². The molecule has 5 heteroatoms. The van der Waals surface area contributed by atoms with E-state index in [0.29, 0.717) is 21.5 Å². The maximum absolute atomic E-state index is 12.6. The molecule has 2 aromatic rings. The molecule has 0 atom stereocenters. The standard InChI is InChI=1S/C16H15Cl2NOS/c17-12-3-4-14(18)13(10-12)16(20)19-7-5-11(6-8-19)15-2-1-9-21-15/h1-4,9-11H,5-8H2. The van der Waals surface area contributed by atoms with E-state index < -0.39 is 0 Å². The number of likely N-dealkylation sites (tertiary alicyclic amines) is 1. The van der Waals surface area contributed by atoms with Gasteiger partial charge in [-0.1, -0.05) is 29.3 Å². The van der Waals surface area contributed by atoms with Crippen molar-refractivity contribution in [2.75, 3.05) is 13.1 Å². The largest absolute Gasteiger partial charge is 0.339 e. The minimum Gasteiger partial charge on any atom is -0.339 e. The van der Waals surface area contributed by atoms with Crippen molar-refractivity contribution in [1.82, 2.24) is 4.90 Å². The van der Waals surface area contributed by atoms with Gasteiger partial charge in [0.1, 0.15) is 0 Å². The van der Waals surface area contributed by atoms with Gasteiger partial charge in [-0.2, -0.15) is 0 Å². The molecule has 110 valence electrons. The third-order valence-electron chi connectivity index (χ3n) is 3.89. The molecule has 0 saturated carbocycles. The molecule has 1 aliphatic rings. The fraction of sp³-hybridized carbons (Fsp3) is 0.312. The second-order valence-corrected chi connectivity index (χ2v) is 7.03. The highest BCUT2D eigenvalue weighted by atomic mass is 35.5. The van der Waals surface area contributed by atoms with E-state index in [2.05, 4.69) is 17.5 Å². The molecule has 1 aromatic carbocycles. The number of amides is 1. The molecular formula is C16H15Cl2NOS. The first-order chi connectivity index (χ1) is 10.1. The van der Waals surface area contributed by atoms with E-state index >= 15 is 0 Å². The topological polar surface area (TPSA) is 20.3 Å². The van der Waals surface area contributed by atoms with Crippen LogP contribution in [0.2, 0.25) is 10.0 Å². The van der Waals surface area contributed by atoms with Crippen LogP contribution in [0.25, 0.3) is 0 Å². The molecule has 1 aromatic heterocycles. The van der Waals surface area contributed by atoms with Crippen LogP contribution in [-0.2, 0) is 0 Å². The number of piperidine rings is 1. The van der Waals surface area contributed by atoms with Gasteiger partial charge in [-0.25, -0.2) is 0 Å². The zero-order chi connectivity index (χ0) is 14.8. The molecule has 0 bridgehead atoms. The molecule has 0 radical (unpaired) electrons. The minimum atomic E-state index is -0.0212. The lowest BCUT2D eigenvalue weighted by Crippen LogP contribution is -2.37. The summed E-state index contributed by atoms with van der Waals surface area (Å²) in [5, 5.41) is 3.11. The molecule has 0 unspecified atom stereocenters. The average molecular weight is 340 g/mol. The Kier molecular flexibility index (Phi) is 4.53. The van der Waals surface area contributed by atoms with E-state index in [1.54, 1.807) is 29.5 Å². The Morgan fingerprint density at radius 2 is 1.95 bits per heavy atom. The number of hydrogen-bond donors (Lipinski definition) is 0. The van der Waals surface area contributed by atoms with Crippen LogP contribution < -0.4 is 0 Å². The summed E-state index contributed by atoms with van der Waals surface area (Å²) in [5.74, 6) is 0.552. The first kappa shape index (κ1) is 14.9. The van der Waals surface area contributed by atoms with Crippen molar-refractivity contribution >= 4 is 40.4 Å². The summed E-state index contributed by atoms with van der Waals surface area (Å²) < 4.78 is 0. The quantitative estimate of drug-likeness (QED) is 0.747. The van der Waals surface area contributed by atoms with Crippen molar-refractivity contribution in [2.45, 2.75) is 18.8 Å². The normalized spacial score (nSPS) is 16.2. The second-order valence-electron chi connectivity index (χ2n) is 5.21. The molecule has 1 amide bonds. The van der Waals surface area contributed by atoms with Gasteiger partial charge in [0.05, 0.1) is 10.6 Å². The van der Waals surface area contributed by atoms with E-state index in [4.69, 9.17) is 23.2 Å². The molecule has 1 aliphatic heterocycles. The number of halogens is 2. The molecule has 21 heavy (non-hydrogen) atoms. The molecule has 0 N–H and O–H groups in total. The Morgan fingerprint density at radius 1 is 1.19 bits per heavy atom. The van der Waals surface area contributed by atoms with Gasteiger partial charge in [0.15, 0.2) is 0 Å². The predicted octanol–water partition coefficient (Wildman–Crippen LogP) is 5.07. The minimum absolute atomic E-state index is 0.0212. The number of rotatable bonds is 2. The van der Waals surface area contributed by atoms with Gasteiger partial charge < -0.3 is 4.90 Å². The smallest absolute Gasteiger partial charge is 0.255 e. The SMILES string of the molecule is O=C(c1cc(Cl)ccc1Cl)N1CCC(c2cccs2)CC1. The third-order valence-corrected chi connectivity index (χ3v) is 5.49. The van der Waals surface area contributed by atoms with Gasteiger partial charge in [-0.05, 0) is 48.4 Å². The van der Waals surface area contributed by atoms with Crippen LogP contribution in [-0.4, -0.2) is 23.9 Å². The van der Waals surface area contributed by atoms with Crippen molar-refractivity contribution in [1.29, 1.82) is 0 Å². The lowest BCUT2D eigenvalue weighted by Gasteiger charge is -2.31. The summed E-state index contributed by atoms with van der Waals surface area (Å²) in [6.45, 7) is 1.54. The Bertz CT molecular complexity index is 634. The van der Waals surface area contributed by atoms with Gasteiger partial charge >= 0.3 is 0 Å². The maximum atomic E-state index is 12.6. The Hall–Kier alpha value is -1.03. The number of benzene rings is 1. The van der Waals surface area contributed by atoms with Crippen molar-refractivity contribution in [2.24, 2.45) is 0 Å². The van der Waals surface area contributed by atoms with Crippen LogP contribution in [0.15, 0.2) is 35.7 Å². The first-order valence-corrected chi connectivity index (χ1v) is 8.56. The monoisotopic (exact) mass is 339 g/mol. The Morgan fingerprint density at radius 3 is 2.62 bits per heavy atom. The lowest BCUT2D eigenvalue weighted by molar-refractivity contribution is 0.0714. The van der Waals surface area contributed by atoms with Crippen LogP contribution in [0.1, 0.15) is 34.0 Å². The highest BCUT2D eigenvalue weighted by molar-refractivity contribution is 7.10. The molecule has 2 nitrogen and oxygen atoms in total. The summed E-state index contributed by atoms with van der Waals surface area (Å²) in [6.07, 6.45) is 2.01. The number of carbonyl (C=O) groups excluding carboxylic acids is 1. The fourth-order valence-electron chi connectivity index (χ4n) is 2.72. The van der Waals surface area contributed by atoms with E-state index in [1.165, 1.54) is 4.88 Å². The summed E-state index contributed by atoms with van der Waals surface area (Å²) >= 11 is 13.9. The lowest BCUT2D eigenvalue weighted by atomic mass is 9.95. The summed E-state index contributed by atoms with van der Waals surface area (Å²) in [5.41, 5.74) is 0.499. The first-order valence-electron chi connectivity index (χ1n) is 6.93. The third kappa shape index (κ3) is 3.25. The maximum Gasteiger partial charge on any atom is 0.255 e. The predicted molar refractivity (Wildman–Crippen MR) is 88.7 cm³/mol. The fourth-order valence-corrected chi connectivity index (χ4v) is 3.99. The van der Waals surface area contributed by atoms with Gasteiger partial charge in [0, 0.05) is 23.0 Å². The Balaban J connectivity index is 1.69. The van der Waals surface area contributed by atoms with E-state index in [0.717, 1.165) is 25.9 Å². The van der Waals surface area contributed by atoms with Gasteiger partial charge in [-0.15, -0.1) is 11.3 Å². The van der Waals surface area contributed by atoms with E-state index in [1.807, 2.05) is 4.90 Å². The summed E-state index contributed by atoms with van der Waals surface area (Å²) in [4.78, 5) is 15.8. The number of thiophene rings is 1. The second kappa shape index (κ2) is 6.39. The van der Waals surface area contributed by atoms with Gasteiger partial charge in [0.25, 0.3) is 5.91 Å². The summed E-state index contributed by atoms with van der Waals surface area (Å²) in [6, 6.07) is 9.29. The van der Waals surface area contributed by atoms with Crippen LogP contribution in [0.3, 0.4) is 0 Å². The van der Waals surface area contributed by atoms with Crippen molar-refractivity contribution in [3.8, 4) is 0 Å². The molecule has 1 fully saturated rings. The number of hydrogen-bond acceptors (Lipinski definition) is 2. The highest BCUT2D eigenvalue weighted by Crippen LogP contribution is 2.32. The van der Waals surface area contributed by atoms with Crippen LogP contribution in [0, 0.1) is 0 Å². The molecule has 2 heterocycles. The van der Waals surface area contributed by atoms with Crippen LogP contribution >= 0.6 is 34.5 Å². The van der Waals surface area contributed by atoms with Crippen molar-refractivity contribution in [3.63, 3.8) is 0 Å². The zero-order valence-electron chi connectivity index (χ0n) is 11.4. The molecular weight excluding hydrogens is 325 g/mol. The molecule has 3 rings (SSSR count). The van der Waals surface area contributed by atoms with Gasteiger partial charge in [-0.3, -0.25) is 4.79 Å². The van der Waals surface area contributed by atoms with Crippen molar-refractivity contribution in [3.05, 3.63) is 56.2 Å². The van der Waals surface area contributed by atoms with Crippen molar-refractivity contribution < 1.29 is 4.79 Å². The summed E-state index contributed by atoms with van der Waals surface area (Å²) in [7, 11) is 0. The van der Waals surface area contributed by atoms with Gasteiger partial charge in [0.2, 0.25) is 0 Å². The zero-order valence-corrected chi connectivity index (χ0v) is 13.7. The molecule has 0 aliphatic carbocycles. The van der Waals surface area contributed by atoms with Crippen LogP contribution in [0.5, 0.6) is 0 Å². The average Bonchev–Trinajstić information content (AvgIpc) is 3.03. The highest BCUT2D eigenvalue weighted by Gasteiger charge is 2.26. The number of nitrogens with zero attached hydrogens (tertiary/aromatic N) is 1. The Labute approximate surface area is 138 Å². The van der Waals surface area contributed by atoms with E-state index in [9.17, 15) is 4.79 Å². The molecule has 0 spiro atoms. The number of carbonyl (C=O) groups is 1.